The lowest BCUT2D eigenvalue weighted by Crippen LogP contribution is -2.45. The number of benzene rings is 2. The molecule has 1 fully saturated rings. The summed E-state index contributed by atoms with van der Waals surface area (Å²) in [4.78, 5) is 32.4. The van der Waals surface area contributed by atoms with Crippen molar-refractivity contribution in [2.24, 2.45) is 0 Å². The molecule has 2 aromatic carbocycles. The number of nitrogens with zero attached hydrogens (tertiary/aromatic N) is 2. The molecule has 0 saturated heterocycles. The van der Waals surface area contributed by atoms with Gasteiger partial charge in [0.25, 0.3) is 5.91 Å². The molecule has 4 nitrogen and oxygen atoms in total. The van der Waals surface area contributed by atoms with Gasteiger partial charge in [-0.05, 0) is 48.6 Å². The van der Waals surface area contributed by atoms with Crippen LogP contribution in [-0.4, -0.2) is 17.9 Å². The zero-order valence-corrected chi connectivity index (χ0v) is 20.1. The van der Waals surface area contributed by atoms with Gasteiger partial charge in [0.05, 0.1) is 6.42 Å². The highest BCUT2D eigenvalue weighted by Gasteiger charge is 2.45. The summed E-state index contributed by atoms with van der Waals surface area (Å²) in [5, 5.41) is 1.98. The maximum absolute atomic E-state index is 14.0. The molecule has 1 aromatic heterocycles. The molecule has 2 aliphatic rings. The standard InChI is InChI=1S/C26H25BrN2O2S/c27-18-8-6-11-20(16-18)29(24(30)17-21-12-7-15-32-21)25-22-13-4-5-14-23(22)28(26(25)31)19-9-2-1-3-10-19/h4-8,11-16,19,25H,1-3,9-10,17H2. The van der Waals surface area contributed by atoms with E-state index in [0.29, 0.717) is 0 Å². The molecule has 32 heavy (non-hydrogen) atoms. The molecular formula is C26H25BrN2O2S. The molecule has 0 radical (unpaired) electrons. The molecule has 2 heterocycles. The fourth-order valence-electron chi connectivity index (χ4n) is 5.00. The third kappa shape index (κ3) is 4.02. The normalized spacial score (nSPS) is 18.6. The number of carbonyl (C=O) groups excluding carboxylic acids is 2. The van der Waals surface area contributed by atoms with E-state index in [9.17, 15) is 9.59 Å². The molecule has 0 spiro atoms. The molecular weight excluding hydrogens is 484 g/mol. The first-order valence-corrected chi connectivity index (χ1v) is 12.8. The number of halogens is 1. The van der Waals surface area contributed by atoms with Crippen LogP contribution < -0.4 is 9.80 Å². The van der Waals surface area contributed by atoms with Crippen molar-refractivity contribution in [1.82, 2.24) is 0 Å². The van der Waals surface area contributed by atoms with Gasteiger partial charge in [0, 0.05) is 32.3 Å². The van der Waals surface area contributed by atoms with E-state index < -0.39 is 6.04 Å². The molecule has 5 rings (SSSR count). The van der Waals surface area contributed by atoms with Crippen LogP contribution in [0, 0.1) is 0 Å². The van der Waals surface area contributed by atoms with Crippen molar-refractivity contribution in [2.45, 2.75) is 50.6 Å². The Balaban J connectivity index is 1.58. The second-order valence-corrected chi connectivity index (χ2v) is 10.4. The van der Waals surface area contributed by atoms with Gasteiger partial charge >= 0.3 is 0 Å². The molecule has 1 unspecified atom stereocenters. The highest BCUT2D eigenvalue weighted by atomic mass is 79.9. The fraction of sp³-hybridized carbons (Fsp3) is 0.308. The van der Waals surface area contributed by atoms with Crippen LogP contribution in [0.1, 0.15) is 48.6 Å². The summed E-state index contributed by atoms with van der Waals surface area (Å²) >= 11 is 5.11. The Morgan fingerprint density at radius 2 is 1.84 bits per heavy atom. The van der Waals surface area contributed by atoms with Gasteiger partial charge in [-0.25, -0.2) is 0 Å². The summed E-state index contributed by atoms with van der Waals surface area (Å²) in [6.07, 6.45) is 5.84. The number of amides is 2. The summed E-state index contributed by atoms with van der Waals surface area (Å²) in [5.74, 6) is -0.0539. The predicted octanol–water partition coefficient (Wildman–Crippen LogP) is 6.51. The van der Waals surface area contributed by atoms with Gasteiger partial charge in [0.15, 0.2) is 0 Å². The Hall–Kier alpha value is -2.44. The summed E-state index contributed by atoms with van der Waals surface area (Å²) < 4.78 is 0.881. The minimum absolute atomic E-state index is 0.0117. The Morgan fingerprint density at radius 3 is 2.59 bits per heavy atom. The number of rotatable bonds is 5. The molecule has 6 heteroatoms. The average molecular weight is 509 g/mol. The summed E-state index contributed by atoms with van der Waals surface area (Å²) in [6, 6.07) is 19.2. The van der Waals surface area contributed by atoms with Gasteiger partial charge in [-0.15, -0.1) is 11.3 Å². The predicted molar refractivity (Wildman–Crippen MR) is 133 cm³/mol. The third-order valence-corrected chi connectivity index (χ3v) is 7.79. The van der Waals surface area contributed by atoms with E-state index >= 15 is 0 Å². The lowest BCUT2D eigenvalue weighted by molar-refractivity contribution is -0.124. The number of para-hydroxylation sites is 1. The number of hydrogen-bond acceptors (Lipinski definition) is 3. The minimum atomic E-state index is -0.644. The maximum atomic E-state index is 14.0. The summed E-state index contributed by atoms with van der Waals surface area (Å²) in [6.45, 7) is 0. The number of thiophene rings is 1. The van der Waals surface area contributed by atoms with Crippen LogP contribution in [0.4, 0.5) is 11.4 Å². The van der Waals surface area contributed by atoms with E-state index in [1.807, 2.05) is 70.9 Å². The van der Waals surface area contributed by atoms with Crippen molar-refractivity contribution in [3.63, 3.8) is 0 Å². The van der Waals surface area contributed by atoms with E-state index in [0.717, 1.165) is 52.0 Å². The Labute approximate surface area is 201 Å². The molecule has 2 amide bonds. The smallest absolute Gasteiger partial charge is 0.255 e. The van der Waals surface area contributed by atoms with E-state index in [4.69, 9.17) is 0 Å². The molecule has 0 bridgehead atoms. The molecule has 3 aromatic rings. The van der Waals surface area contributed by atoms with Crippen LogP contribution in [0.5, 0.6) is 0 Å². The summed E-state index contributed by atoms with van der Waals surface area (Å²) in [7, 11) is 0. The Morgan fingerprint density at radius 1 is 1.03 bits per heavy atom. The van der Waals surface area contributed by atoms with Crippen molar-refractivity contribution in [2.75, 3.05) is 9.80 Å². The Bertz CT molecular complexity index is 1120. The van der Waals surface area contributed by atoms with Gasteiger partial charge in [0.2, 0.25) is 5.91 Å². The zero-order chi connectivity index (χ0) is 22.1. The van der Waals surface area contributed by atoms with Crippen LogP contribution in [0.2, 0.25) is 0 Å². The van der Waals surface area contributed by atoms with Gasteiger partial charge in [0.1, 0.15) is 6.04 Å². The highest BCUT2D eigenvalue weighted by molar-refractivity contribution is 9.10. The van der Waals surface area contributed by atoms with Crippen LogP contribution in [-0.2, 0) is 16.0 Å². The van der Waals surface area contributed by atoms with Crippen LogP contribution in [0.25, 0.3) is 0 Å². The van der Waals surface area contributed by atoms with Crippen LogP contribution in [0.3, 0.4) is 0 Å². The maximum Gasteiger partial charge on any atom is 0.255 e. The largest absolute Gasteiger partial charge is 0.307 e. The van der Waals surface area contributed by atoms with Crippen molar-refractivity contribution in [1.29, 1.82) is 0 Å². The second-order valence-electron chi connectivity index (χ2n) is 8.46. The molecule has 1 atom stereocenters. The molecule has 0 N–H and O–H groups in total. The quantitative estimate of drug-likeness (QED) is 0.394. The van der Waals surface area contributed by atoms with E-state index in [1.54, 1.807) is 16.2 Å². The summed E-state index contributed by atoms with van der Waals surface area (Å²) in [5.41, 5.74) is 2.61. The topological polar surface area (TPSA) is 40.6 Å². The second kappa shape index (κ2) is 9.20. The lowest BCUT2D eigenvalue weighted by Gasteiger charge is -2.33. The van der Waals surface area contributed by atoms with Gasteiger partial charge in [-0.3, -0.25) is 14.5 Å². The molecule has 1 aliphatic heterocycles. The van der Waals surface area contributed by atoms with Crippen LogP contribution >= 0.6 is 27.3 Å². The number of hydrogen-bond donors (Lipinski definition) is 0. The zero-order valence-electron chi connectivity index (χ0n) is 17.7. The van der Waals surface area contributed by atoms with Crippen molar-refractivity contribution >= 4 is 50.5 Å². The van der Waals surface area contributed by atoms with E-state index in [2.05, 4.69) is 15.9 Å². The SMILES string of the molecule is O=C1C(N(C(=O)Cc2cccs2)c2cccc(Br)c2)c2ccccc2N1C1CCCCC1. The molecule has 1 aliphatic carbocycles. The van der Waals surface area contributed by atoms with Gasteiger partial charge in [-0.2, -0.15) is 0 Å². The van der Waals surface area contributed by atoms with Gasteiger partial charge in [-0.1, -0.05) is 65.5 Å². The van der Waals surface area contributed by atoms with Crippen molar-refractivity contribution < 1.29 is 9.59 Å². The number of fused-ring (bicyclic) bond motifs is 1. The highest BCUT2D eigenvalue weighted by Crippen LogP contribution is 2.44. The average Bonchev–Trinajstić information content (AvgIpc) is 3.41. The lowest BCUT2D eigenvalue weighted by atomic mass is 9.94. The monoisotopic (exact) mass is 508 g/mol. The molecule has 1 saturated carbocycles. The van der Waals surface area contributed by atoms with Crippen molar-refractivity contribution in [3.8, 4) is 0 Å². The first kappa shape index (κ1) is 21.4. The van der Waals surface area contributed by atoms with E-state index in [-0.39, 0.29) is 24.3 Å². The van der Waals surface area contributed by atoms with E-state index in [1.165, 1.54) is 6.42 Å². The first-order valence-electron chi connectivity index (χ1n) is 11.2. The third-order valence-electron chi connectivity index (χ3n) is 6.42. The first-order chi connectivity index (χ1) is 15.6. The van der Waals surface area contributed by atoms with Crippen molar-refractivity contribution in [3.05, 3.63) is 81.0 Å². The van der Waals surface area contributed by atoms with Gasteiger partial charge < -0.3 is 4.90 Å². The van der Waals surface area contributed by atoms with Crippen LogP contribution in [0.15, 0.2) is 70.5 Å². The number of carbonyl (C=O) groups is 2. The molecule has 164 valence electrons. The Kier molecular flexibility index (Phi) is 6.15. The fourth-order valence-corrected chi connectivity index (χ4v) is 6.08. The number of anilines is 2. The minimum Gasteiger partial charge on any atom is -0.307 e.